The molecule has 9 atom stereocenters. The molecule has 274 valence electrons. The number of esters is 3. The fraction of sp³-hybridized carbons (Fsp3) is 0.447. The van der Waals surface area contributed by atoms with Gasteiger partial charge < -0.3 is 47.7 Å². The Morgan fingerprint density at radius 1 is 0.549 bits per heavy atom. The molecule has 13 nitrogen and oxygen atoms in total. The van der Waals surface area contributed by atoms with E-state index in [2.05, 4.69) is 0 Å². The van der Waals surface area contributed by atoms with Gasteiger partial charge in [0, 0.05) is 20.8 Å². The highest BCUT2D eigenvalue weighted by Crippen LogP contribution is 2.35. The molecule has 0 bridgehead atoms. The van der Waals surface area contributed by atoms with Crippen molar-refractivity contribution in [3.05, 3.63) is 108 Å². The molecule has 5 rings (SSSR count). The van der Waals surface area contributed by atoms with Gasteiger partial charge in [-0.1, -0.05) is 91.0 Å². The minimum atomic E-state index is -1.56. The van der Waals surface area contributed by atoms with Crippen LogP contribution in [0.15, 0.2) is 91.0 Å². The standard InChI is InChI=1S/C38H44O13/c1-24(39)46-32-31(23-44-20-28-15-9-5-10-16-28)50-38(36(34(32)47-25(2)40)45-21-29-17-11-6-12-18-29)51-33-30(49-37(42)35(33)48-26(3)41)22-43-19-27-13-7-4-8-14-27/h4-18,30-38,42H,19-23H2,1-3H3/t30-,31-,32-,33-,34+,35-,36-,37?,38-/m1/s1. The summed E-state index contributed by atoms with van der Waals surface area (Å²) in [5.41, 5.74) is 2.60. The monoisotopic (exact) mass is 708 g/mol. The Balaban J connectivity index is 1.44. The van der Waals surface area contributed by atoms with E-state index in [0.717, 1.165) is 16.7 Å². The number of aliphatic hydroxyl groups is 1. The topological polar surface area (TPSA) is 155 Å². The van der Waals surface area contributed by atoms with Crippen molar-refractivity contribution in [1.29, 1.82) is 0 Å². The highest BCUT2D eigenvalue weighted by molar-refractivity contribution is 5.67. The van der Waals surface area contributed by atoms with Crippen LogP contribution in [0.5, 0.6) is 0 Å². The molecule has 2 saturated heterocycles. The third-order valence-electron chi connectivity index (χ3n) is 8.15. The summed E-state index contributed by atoms with van der Waals surface area (Å²) in [6.07, 6.45) is -10.9. The number of ether oxygens (including phenoxy) is 9. The van der Waals surface area contributed by atoms with E-state index in [1.54, 1.807) is 0 Å². The van der Waals surface area contributed by atoms with E-state index in [1.165, 1.54) is 20.8 Å². The minimum Gasteiger partial charge on any atom is -0.456 e. The maximum Gasteiger partial charge on any atom is 0.303 e. The molecule has 2 aliphatic rings. The van der Waals surface area contributed by atoms with Gasteiger partial charge >= 0.3 is 17.9 Å². The lowest BCUT2D eigenvalue weighted by molar-refractivity contribution is -0.331. The van der Waals surface area contributed by atoms with E-state index in [4.69, 9.17) is 42.6 Å². The van der Waals surface area contributed by atoms with Crippen LogP contribution >= 0.6 is 0 Å². The summed E-state index contributed by atoms with van der Waals surface area (Å²) in [6, 6.07) is 28.1. The van der Waals surface area contributed by atoms with Gasteiger partial charge in [0.2, 0.25) is 0 Å². The molecular weight excluding hydrogens is 664 g/mol. The summed E-state index contributed by atoms with van der Waals surface area (Å²) >= 11 is 0. The molecule has 1 N–H and O–H groups in total. The Labute approximate surface area is 296 Å². The summed E-state index contributed by atoms with van der Waals surface area (Å²) in [5, 5.41) is 10.9. The summed E-state index contributed by atoms with van der Waals surface area (Å²) < 4.78 is 54.1. The van der Waals surface area contributed by atoms with E-state index in [9.17, 15) is 19.5 Å². The van der Waals surface area contributed by atoms with Crippen molar-refractivity contribution < 1.29 is 62.1 Å². The van der Waals surface area contributed by atoms with E-state index in [1.807, 2.05) is 91.0 Å². The quantitative estimate of drug-likeness (QED) is 0.170. The fourth-order valence-corrected chi connectivity index (χ4v) is 5.94. The fourth-order valence-electron chi connectivity index (χ4n) is 5.94. The first-order valence-electron chi connectivity index (χ1n) is 16.7. The van der Waals surface area contributed by atoms with Gasteiger partial charge in [-0.3, -0.25) is 14.4 Å². The zero-order valence-corrected chi connectivity index (χ0v) is 28.7. The number of aliphatic hydroxyl groups excluding tert-OH is 1. The lowest BCUT2D eigenvalue weighted by atomic mass is 9.97. The van der Waals surface area contributed by atoms with Gasteiger partial charge in [0.05, 0.1) is 33.0 Å². The van der Waals surface area contributed by atoms with Crippen molar-refractivity contribution in [3.8, 4) is 0 Å². The van der Waals surface area contributed by atoms with Crippen LogP contribution in [0.1, 0.15) is 37.5 Å². The number of carbonyl (C=O) groups excluding carboxylic acids is 3. The van der Waals surface area contributed by atoms with Crippen LogP contribution in [-0.4, -0.2) is 91.5 Å². The Morgan fingerprint density at radius 3 is 1.47 bits per heavy atom. The second-order valence-corrected chi connectivity index (χ2v) is 12.2. The lowest BCUT2D eigenvalue weighted by Crippen LogP contribution is -2.63. The Morgan fingerprint density at radius 2 is 0.980 bits per heavy atom. The van der Waals surface area contributed by atoms with Gasteiger partial charge in [0.25, 0.3) is 0 Å². The molecule has 2 fully saturated rings. The third-order valence-corrected chi connectivity index (χ3v) is 8.15. The number of rotatable bonds is 16. The Hall–Kier alpha value is -4.21. The zero-order valence-electron chi connectivity index (χ0n) is 28.7. The van der Waals surface area contributed by atoms with Gasteiger partial charge in [0.1, 0.15) is 24.4 Å². The summed E-state index contributed by atoms with van der Waals surface area (Å²) in [4.78, 5) is 37.2. The summed E-state index contributed by atoms with van der Waals surface area (Å²) in [6.45, 7) is 3.99. The molecule has 0 saturated carbocycles. The molecule has 0 spiro atoms. The van der Waals surface area contributed by atoms with Gasteiger partial charge in [0.15, 0.2) is 30.9 Å². The Kier molecular flexibility index (Phi) is 14.1. The molecule has 3 aromatic carbocycles. The van der Waals surface area contributed by atoms with Crippen molar-refractivity contribution in [2.75, 3.05) is 13.2 Å². The maximum absolute atomic E-state index is 12.6. The number of hydrogen-bond acceptors (Lipinski definition) is 13. The lowest BCUT2D eigenvalue weighted by Gasteiger charge is -2.45. The smallest absolute Gasteiger partial charge is 0.303 e. The molecule has 51 heavy (non-hydrogen) atoms. The first kappa shape index (κ1) is 38.0. The third kappa shape index (κ3) is 11.1. The van der Waals surface area contributed by atoms with Crippen LogP contribution in [0, 0.1) is 0 Å². The highest BCUT2D eigenvalue weighted by Gasteiger charge is 2.55. The van der Waals surface area contributed by atoms with Crippen LogP contribution in [-0.2, 0) is 76.8 Å². The molecule has 13 heteroatoms. The summed E-state index contributed by atoms with van der Waals surface area (Å²) in [5.74, 6) is -1.99. The minimum absolute atomic E-state index is 0.0369. The molecule has 2 aliphatic heterocycles. The van der Waals surface area contributed by atoms with Gasteiger partial charge in [-0.25, -0.2) is 0 Å². The predicted molar refractivity (Wildman–Crippen MR) is 178 cm³/mol. The average molecular weight is 709 g/mol. The van der Waals surface area contributed by atoms with Crippen molar-refractivity contribution in [1.82, 2.24) is 0 Å². The molecule has 0 aliphatic carbocycles. The van der Waals surface area contributed by atoms with Gasteiger partial charge in [-0.2, -0.15) is 0 Å². The van der Waals surface area contributed by atoms with E-state index in [0.29, 0.717) is 0 Å². The van der Waals surface area contributed by atoms with E-state index >= 15 is 0 Å². The van der Waals surface area contributed by atoms with Crippen LogP contribution in [0.3, 0.4) is 0 Å². The predicted octanol–water partition coefficient (Wildman–Crippen LogP) is 3.63. The number of benzene rings is 3. The molecule has 1 unspecified atom stereocenters. The Bertz CT molecular complexity index is 1520. The molecular formula is C38H44O13. The zero-order chi connectivity index (χ0) is 36.2. The SMILES string of the molecule is CC(=O)O[C@@H]1[C@@H](OCc2ccccc2)[C@@H](O[C@@H]2[C@@H](COCc3ccccc3)OC(O)[C@@H]2OC(C)=O)O[C@H](COCc2ccccc2)[C@H]1OC(C)=O. The molecule has 3 aromatic rings. The van der Waals surface area contributed by atoms with E-state index < -0.39 is 73.2 Å². The van der Waals surface area contributed by atoms with Crippen LogP contribution in [0.25, 0.3) is 0 Å². The maximum atomic E-state index is 12.6. The normalized spacial score (nSPS) is 27.4. The van der Waals surface area contributed by atoms with Crippen LogP contribution in [0.4, 0.5) is 0 Å². The van der Waals surface area contributed by atoms with Crippen molar-refractivity contribution >= 4 is 17.9 Å². The second-order valence-electron chi connectivity index (χ2n) is 12.2. The highest BCUT2D eigenvalue weighted by atomic mass is 16.8. The van der Waals surface area contributed by atoms with E-state index in [-0.39, 0.29) is 33.0 Å². The van der Waals surface area contributed by atoms with Crippen LogP contribution in [0.2, 0.25) is 0 Å². The number of carbonyl (C=O) groups is 3. The average Bonchev–Trinajstić information content (AvgIpc) is 3.39. The largest absolute Gasteiger partial charge is 0.456 e. The van der Waals surface area contributed by atoms with Crippen LogP contribution < -0.4 is 0 Å². The first-order valence-corrected chi connectivity index (χ1v) is 16.7. The van der Waals surface area contributed by atoms with Crippen molar-refractivity contribution in [3.63, 3.8) is 0 Å². The second kappa shape index (κ2) is 18.9. The molecule has 2 heterocycles. The van der Waals surface area contributed by atoms with Crippen molar-refractivity contribution in [2.24, 2.45) is 0 Å². The summed E-state index contributed by atoms with van der Waals surface area (Å²) in [7, 11) is 0. The molecule has 0 radical (unpaired) electrons. The first-order chi connectivity index (χ1) is 24.7. The molecule has 0 amide bonds. The van der Waals surface area contributed by atoms with Gasteiger partial charge in [-0.15, -0.1) is 0 Å². The molecule has 0 aromatic heterocycles. The number of hydrogen-bond donors (Lipinski definition) is 1. The van der Waals surface area contributed by atoms with Gasteiger partial charge in [-0.05, 0) is 16.7 Å². The van der Waals surface area contributed by atoms with Crippen molar-refractivity contribution in [2.45, 2.75) is 95.9 Å².